The third-order valence-electron chi connectivity index (χ3n) is 4.32. The lowest BCUT2D eigenvalue weighted by Gasteiger charge is -2.32. The number of piperazine rings is 1. The standard InChI is InChI=1S/C18H31N5.HI/c1-22-13-15-23(16-14-22)12-6-5-10-20-18(19)21-11-9-17-7-3-2-4-8-17;/h2-4,7-8H,5-6,9-16H2,1H3,(H3,19,20,21);1H. The molecular formula is C18H32IN5. The van der Waals surface area contributed by atoms with E-state index in [9.17, 15) is 0 Å². The number of halogens is 1. The molecule has 1 saturated heterocycles. The van der Waals surface area contributed by atoms with Crippen molar-refractivity contribution >= 4 is 29.9 Å². The summed E-state index contributed by atoms with van der Waals surface area (Å²) in [7, 11) is 2.19. The fraction of sp³-hybridized carbons (Fsp3) is 0.611. The van der Waals surface area contributed by atoms with Crippen LogP contribution < -0.4 is 11.1 Å². The van der Waals surface area contributed by atoms with Gasteiger partial charge in [-0.1, -0.05) is 30.3 Å². The van der Waals surface area contributed by atoms with Crippen LogP contribution in [0.15, 0.2) is 35.3 Å². The van der Waals surface area contributed by atoms with Crippen molar-refractivity contribution in [2.75, 3.05) is 52.9 Å². The lowest BCUT2D eigenvalue weighted by Crippen LogP contribution is -2.44. The second-order valence-electron chi connectivity index (χ2n) is 6.28. The normalized spacial score (nSPS) is 16.6. The highest BCUT2D eigenvalue weighted by Crippen LogP contribution is 2.02. The van der Waals surface area contributed by atoms with Gasteiger partial charge in [-0.05, 0) is 38.4 Å². The molecule has 1 aliphatic rings. The monoisotopic (exact) mass is 445 g/mol. The minimum absolute atomic E-state index is 0. The average Bonchev–Trinajstić information content (AvgIpc) is 2.57. The molecule has 3 N–H and O–H groups in total. The lowest BCUT2D eigenvalue weighted by atomic mass is 10.1. The smallest absolute Gasteiger partial charge is 0.188 e. The summed E-state index contributed by atoms with van der Waals surface area (Å²) in [6.07, 6.45) is 3.28. The molecule has 0 saturated carbocycles. The van der Waals surface area contributed by atoms with Crippen LogP contribution in [0.2, 0.25) is 0 Å². The van der Waals surface area contributed by atoms with Gasteiger partial charge in [-0.2, -0.15) is 0 Å². The molecule has 0 spiro atoms. The minimum atomic E-state index is 0. The first kappa shape index (κ1) is 21.2. The largest absolute Gasteiger partial charge is 0.370 e. The summed E-state index contributed by atoms with van der Waals surface area (Å²) < 4.78 is 0. The van der Waals surface area contributed by atoms with Crippen LogP contribution in [-0.4, -0.2) is 68.6 Å². The minimum Gasteiger partial charge on any atom is -0.370 e. The zero-order valence-corrected chi connectivity index (χ0v) is 17.1. The number of likely N-dealkylation sites (N-methyl/N-ethyl adjacent to an activating group) is 1. The van der Waals surface area contributed by atoms with E-state index in [1.54, 1.807) is 0 Å². The van der Waals surface area contributed by atoms with Gasteiger partial charge in [-0.15, -0.1) is 24.0 Å². The Morgan fingerprint density at radius 2 is 1.83 bits per heavy atom. The van der Waals surface area contributed by atoms with Gasteiger partial charge >= 0.3 is 0 Å². The molecule has 0 aromatic heterocycles. The van der Waals surface area contributed by atoms with E-state index >= 15 is 0 Å². The molecular weight excluding hydrogens is 413 g/mol. The number of rotatable bonds is 8. The summed E-state index contributed by atoms with van der Waals surface area (Å²) in [4.78, 5) is 9.34. The first-order valence-electron chi connectivity index (χ1n) is 8.72. The van der Waals surface area contributed by atoms with Gasteiger partial charge in [0.2, 0.25) is 0 Å². The summed E-state index contributed by atoms with van der Waals surface area (Å²) in [5, 5.41) is 3.19. The van der Waals surface area contributed by atoms with Crippen molar-refractivity contribution in [1.29, 1.82) is 0 Å². The summed E-state index contributed by atoms with van der Waals surface area (Å²) in [6, 6.07) is 10.4. The molecule has 24 heavy (non-hydrogen) atoms. The van der Waals surface area contributed by atoms with E-state index in [4.69, 9.17) is 5.73 Å². The fourth-order valence-electron chi connectivity index (χ4n) is 2.75. The highest BCUT2D eigenvalue weighted by atomic mass is 127. The summed E-state index contributed by atoms with van der Waals surface area (Å²) in [6.45, 7) is 7.61. The van der Waals surface area contributed by atoms with Gasteiger partial charge in [0.25, 0.3) is 0 Å². The van der Waals surface area contributed by atoms with Crippen molar-refractivity contribution < 1.29 is 0 Å². The molecule has 0 aliphatic carbocycles. The molecule has 1 fully saturated rings. The Hall–Kier alpha value is -0.860. The highest BCUT2D eigenvalue weighted by Gasteiger charge is 2.12. The summed E-state index contributed by atoms with van der Waals surface area (Å²) in [5.41, 5.74) is 7.22. The lowest BCUT2D eigenvalue weighted by molar-refractivity contribution is 0.152. The van der Waals surface area contributed by atoms with Crippen molar-refractivity contribution in [3.05, 3.63) is 35.9 Å². The fourth-order valence-corrected chi connectivity index (χ4v) is 2.75. The Balaban J connectivity index is 0.00000288. The van der Waals surface area contributed by atoms with Crippen LogP contribution in [0.5, 0.6) is 0 Å². The van der Waals surface area contributed by atoms with E-state index in [1.807, 2.05) is 6.07 Å². The number of nitrogens with one attached hydrogen (secondary N) is 1. The maximum absolute atomic E-state index is 5.90. The van der Waals surface area contributed by atoms with Gasteiger partial charge in [0.15, 0.2) is 5.96 Å². The quantitative estimate of drug-likeness (QED) is 0.277. The van der Waals surface area contributed by atoms with Crippen LogP contribution in [0, 0.1) is 0 Å². The second kappa shape index (κ2) is 12.5. The first-order chi connectivity index (χ1) is 11.2. The van der Waals surface area contributed by atoms with Crippen molar-refractivity contribution in [3.63, 3.8) is 0 Å². The summed E-state index contributed by atoms with van der Waals surface area (Å²) >= 11 is 0. The predicted molar refractivity (Wildman–Crippen MR) is 113 cm³/mol. The molecule has 0 unspecified atom stereocenters. The molecule has 1 heterocycles. The Morgan fingerprint density at radius 3 is 2.54 bits per heavy atom. The van der Waals surface area contributed by atoms with Crippen LogP contribution in [-0.2, 0) is 6.42 Å². The van der Waals surface area contributed by atoms with Crippen LogP contribution in [0.25, 0.3) is 0 Å². The zero-order valence-electron chi connectivity index (χ0n) is 14.8. The van der Waals surface area contributed by atoms with Crippen molar-refractivity contribution in [2.45, 2.75) is 19.3 Å². The number of guanidine groups is 1. The van der Waals surface area contributed by atoms with E-state index in [2.05, 4.69) is 51.4 Å². The summed E-state index contributed by atoms with van der Waals surface area (Å²) in [5.74, 6) is 0.570. The number of hydrogen-bond acceptors (Lipinski definition) is 3. The predicted octanol–water partition coefficient (Wildman–Crippen LogP) is 1.78. The Kier molecular flexibility index (Phi) is 11.0. The Labute approximate surface area is 163 Å². The topological polar surface area (TPSA) is 56.9 Å². The second-order valence-corrected chi connectivity index (χ2v) is 6.28. The van der Waals surface area contributed by atoms with Crippen molar-refractivity contribution in [3.8, 4) is 0 Å². The highest BCUT2D eigenvalue weighted by molar-refractivity contribution is 14.0. The van der Waals surface area contributed by atoms with Crippen molar-refractivity contribution in [2.24, 2.45) is 10.7 Å². The van der Waals surface area contributed by atoms with E-state index in [0.29, 0.717) is 5.96 Å². The van der Waals surface area contributed by atoms with Gasteiger partial charge in [-0.3, -0.25) is 4.99 Å². The third-order valence-corrected chi connectivity index (χ3v) is 4.32. The molecule has 6 heteroatoms. The molecule has 2 rings (SSSR count). The van der Waals surface area contributed by atoms with Crippen LogP contribution in [0.3, 0.4) is 0 Å². The third kappa shape index (κ3) is 8.84. The molecule has 0 atom stereocenters. The zero-order chi connectivity index (χ0) is 16.3. The molecule has 5 nitrogen and oxygen atoms in total. The molecule has 0 radical (unpaired) electrons. The molecule has 0 amide bonds. The van der Waals surface area contributed by atoms with Gasteiger partial charge in [-0.25, -0.2) is 0 Å². The molecule has 1 aromatic rings. The Morgan fingerprint density at radius 1 is 1.12 bits per heavy atom. The number of benzene rings is 1. The maximum atomic E-state index is 5.90. The van der Waals surface area contributed by atoms with Crippen LogP contribution in [0.4, 0.5) is 0 Å². The Bertz CT molecular complexity index is 458. The van der Waals surface area contributed by atoms with Gasteiger partial charge < -0.3 is 20.9 Å². The van der Waals surface area contributed by atoms with Crippen LogP contribution >= 0.6 is 24.0 Å². The van der Waals surface area contributed by atoms with Gasteiger partial charge in [0.1, 0.15) is 0 Å². The van der Waals surface area contributed by atoms with E-state index in [1.165, 1.54) is 44.7 Å². The number of aliphatic imine (C=N–C) groups is 1. The van der Waals surface area contributed by atoms with Gasteiger partial charge in [0.05, 0.1) is 0 Å². The van der Waals surface area contributed by atoms with E-state index in [-0.39, 0.29) is 24.0 Å². The van der Waals surface area contributed by atoms with Crippen molar-refractivity contribution in [1.82, 2.24) is 15.1 Å². The molecule has 0 bridgehead atoms. The van der Waals surface area contributed by atoms with E-state index < -0.39 is 0 Å². The number of nitrogens with zero attached hydrogens (tertiary/aromatic N) is 3. The number of nitrogens with two attached hydrogens (primary N) is 1. The average molecular weight is 445 g/mol. The van der Waals surface area contributed by atoms with E-state index in [0.717, 1.165) is 25.9 Å². The van der Waals surface area contributed by atoms with Gasteiger partial charge in [0, 0.05) is 39.3 Å². The molecule has 136 valence electrons. The molecule has 1 aliphatic heterocycles. The first-order valence-corrected chi connectivity index (χ1v) is 8.72. The maximum Gasteiger partial charge on any atom is 0.188 e. The number of unbranched alkanes of at least 4 members (excludes halogenated alkanes) is 1. The van der Waals surface area contributed by atoms with Crippen LogP contribution in [0.1, 0.15) is 18.4 Å². The molecule has 1 aromatic carbocycles. The SMILES string of the molecule is CN1CCN(CCCCN=C(N)NCCc2ccccc2)CC1.I. The number of hydrogen-bond donors (Lipinski definition) is 2.